The minimum Gasteiger partial charge on any atom is -0.468 e. The van der Waals surface area contributed by atoms with Crippen molar-refractivity contribution in [2.75, 3.05) is 26.9 Å². The van der Waals surface area contributed by atoms with E-state index in [0.29, 0.717) is 19.8 Å². The summed E-state index contributed by atoms with van der Waals surface area (Å²) in [4.78, 5) is 11.7. The standard InChI is InChI=1S/C13H16BrNO3/c1-17-12(16)13(8-18-9-13)7-15-6-10-3-2-4-11(14)5-10/h2-5,15H,6-9H2,1H3. The molecule has 0 bridgehead atoms. The van der Waals surface area contributed by atoms with Crippen LogP contribution in [0.3, 0.4) is 0 Å². The maximum Gasteiger partial charge on any atom is 0.317 e. The van der Waals surface area contributed by atoms with Gasteiger partial charge in [0.1, 0.15) is 5.41 Å². The van der Waals surface area contributed by atoms with Crippen LogP contribution in [0.4, 0.5) is 0 Å². The van der Waals surface area contributed by atoms with E-state index in [2.05, 4.69) is 27.3 Å². The summed E-state index contributed by atoms with van der Waals surface area (Å²) < 4.78 is 11.0. The van der Waals surface area contributed by atoms with Gasteiger partial charge in [0.2, 0.25) is 0 Å². The lowest BCUT2D eigenvalue weighted by atomic mass is 9.86. The lowest BCUT2D eigenvalue weighted by Crippen LogP contribution is -2.55. The molecule has 1 aromatic rings. The molecule has 1 aliphatic rings. The van der Waals surface area contributed by atoms with Crippen molar-refractivity contribution in [2.24, 2.45) is 5.41 Å². The summed E-state index contributed by atoms with van der Waals surface area (Å²) >= 11 is 3.43. The van der Waals surface area contributed by atoms with Gasteiger partial charge in [-0.1, -0.05) is 28.1 Å². The molecule has 0 unspecified atom stereocenters. The van der Waals surface area contributed by atoms with E-state index in [1.54, 1.807) is 0 Å². The number of carbonyl (C=O) groups is 1. The average Bonchev–Trinajstić information content (AvgIpc) is 2.32. The molecule has 1 N–H and O–H groups in total. The molecule has 4 nitrogen and oxygen atoms in total. The topological polar surface area (TPSA) is 47.6 Å². The zero-order chi connectivity index (χ0) is 13.0. The number of halogens is 1. The molecule has 0 aliphatic carbocycles. The van der Waals surface area contributed by atoms with Crippen LogP contribution in [0, 0.1) is 5.41 Å². The SMILES string of the molecule is COC(=O)C1(CNCc2cccc(Br)c2)COC1. The van der Waals surface area contributed by atoms with Crippen LogP contribution in [-0.2, 0) is 20.8 Å². The summed E-state index contributed by atoms with van der Waals surface area (Å²) in [5.74, 6) is -0.199. The molecule has 0 atom stereocenters. The van der Waals surface area contributed by atoms with Gasteiger partial charge in [-0.15, -0.1) is 0 Å². The first kappa shape index (κ1) is 13.5. The highest BCUT2D eigenvalue weighted by atomic mass is 79.9. The summed E-state index contributed by atoms with van der Waals surface area (Å²) in [5, 5.41) is 3.29. The molecule has 1 fully saturated rings. The number of ether oxygens (including phenoxy) is 2. The molecule has 1 heterocycles. The second-order valence-corrected chi connectivity index (χ2v) is 5.41. The van der Waals surface area contributed by atoms with Crippen LogP contribution in [0.15, 0.2) is 28.7 Å². The van der Waals surface area contributed by atoms with E-state index in [-0.39, 0.29) is 5.97 Å². The second-order valence-electron chi connectivity index (χ2n) is 4.50. The number of nitrogens with one attached hydrogen (secondary N) is 1. The quantitative estimate of drug-likeness (QED) is 0.841. The Labute approximate surface area is 115 Å². The summed E-state index contributed by atoms with van der Waals surface area (Å²) in [6.45, 7) is 2.17. The van der Waals surface area contributed by atoms with E-state index < -0.39 is 5.41 Å². The predicted molar refractivity (Wildman–Crippen MR) is 71.1 cm³/mol. The number of methoxy groups -OCH3 is 1. The molecule has 1 saturated heterocycles. The Morgan fingerprint density at radius 2 is 2.33 bits per heavy atom. The lowest BCUT2D eigenvalue weighted by molar-refractivity contribution is -0.182. The van der Waals surface area contributed by atoms with Gasteiger partial charge in [-0.25, -0.2) is 0 Å². The van der Waals surface area contributed by atoms with Crippen molar-refractivity contribution in [3.63, 3.8) is 0 Å². The van der Waals surface area contributed by atoms with Crippen molar-refractivity contribution in [1.29, 1.82) is 0 Å². The Kier molecular flexibility index (Phi) is 4.37. The van der Waals surface area contributed by atoms with Crippen molar-refractivity contribution in [2.45, 2.75) is 6.54 Å². The van der Waals surface area contributed by atoms with E-state index in [1.807, 2.05) is 18.2 Å². The number of benzene rings is 1. The first-order valence-corrected chi connectivity index (χ1v) is 6.57. The Balaban J connectivity index is 1.86. The highest BCUT2D eigenvalue weighted by Gasteiger charge is 2.46. The summed E-state index contributed by atoms with van der Waals surface area (Å²) in [6.07, 6.45) is 0. The van der Waals surface area contributed by atoms with Gasteiger partial charge >= 0.3 is 5.97 Å². The summed E-state index contributed by atoms with van der Waals surface area (Å²) in [6, 6.07) is 8.07. The normalized spacial score (nSPS) is 17.0. The molecule has 5 heteroatoms. The second kappa shape index (κ2) is 5.82. The van der Waals surface area contributed by atoms with E-state index >= 15 is 0 Å². The summed E-state index contributed by atoms with van der Waals surface area (Å²) in [5.41, 5.74) is 0.672. The van der Waals surface area contributed by atoms with Crippen LogP contribution in [-0.4, -0.2) is 32.8 Å². The smallest absolute Gasteiger partial charge is 0.317 e. The molecule has 0 saturated carbocycles. The van der Waals surface area contributed by atoms with Crippen molar-refractivity contribution in [3.05, 3.63) is 34.3 Å². The molecule has 0 spiro atoms. The number of rotatable bonds is 5. The highest BCUT2D eigenvalue weighted by molar-refractivity contribution is 9.10. The van der Waals surface area contributed by atoms with Gasteiger partial charge in [0, 0.05) is 17.6 Å². The molecule has 18 heavy (non-hydrogen) atoms. The Hall–Kier alpha value is -0.910. The molecule has 0 aromatic heterocycles. The fraction of sp³-hybridized carbons (Fsp3) is 0.462. The average molecular weight is 314 g/mol. The molecular weight excluding hydrogens is 298 g/mol. The minimum atomic E-state index is -0.499. The molecule has 2 rings (SSSR count). The number of hydrogen-bond acceptors (Lipinski definition) is 4. The fourth-order valence-corrected chi connectivity index (χ4v) is 2.40. The van der Waals surface area contributed by atoms with Crippen LogP contribution in [0.1, 0.15) is 5.56 Å². The van der Waals surface area contributed by atoms with Crippen LogP contribution in [0.25, 0.3) is 0 Å². The first-order valence-electron chi connectivity index (χ1n) is 5.78. The van der Waals surface area contributed by atoms with Gasteiger partial charge in [0.15, 0.2) is 0 Å². The van der Waals surface area contributed by atoms with Gasteiger partial charge in [0.05, 0.1) is 20.3 Å². The molecule has 0 amide bonds. The van der Waals surface area contributed by atoms with Crippen LogP contribution in [0.5, 0.6) is 0 Å². The molecule has 98 valence electrons. The number of hydrogen-bond donors (Lipinski definition) is 1. The highest BCUT2D eigenvalue weighted by Crippen LogP contribution is 2.28. The van der Waals surface area contributed by atoms with Crippen molar-refractivity contribution >= 4 is 21.9 Å². The monoisotopic (exact) mass is 313 g/mol. The van der Waals surface area contributed by atoms with Crippen LogP contribution < -0.4 is 5.32 Å². The molecule has 1 aromatic carbocycles. The third kappa shape index (κ3) is 2.91. The van der Waals surface area contributed by atoms with Crippen molar-refractivity contribution in [1.82, 2.24) is 5.32 Å². The Bertz CT molecular complexity index is 432. The largest absolute Gasteiger partial charge is 0.468 e. The Morgan fingerprint density at radius 3 is 2.89 bits per heavy atom. The van der Waals surface area contributed by atoms with Gasteiger partial charge < -0.3 is 14.8 Å². The van der Waals surface area contributed by atoms with Crippen LogP contribution in [0.2, 0.25) is 0 Å². The fourth-order valence-electron chi connectivity index (χ4n) is 1.95. The van der Waals surface area contributed by atoms with Crippen molar-refractivity contribution in [3.8, 4) is 0 Å². The minimum absolute atomic E-state index is 0.199. The molecule has 1 aliphatic heterocycles. The zero-order valence-corrected chi connectivity index (χ0v) is 11.8. The lowest BCUT2D eigenvalue weighted by Gasteiger charge is -2.38. The summed E-state index contributed by atoms with van der Waals surface area (Å²) in [7, 11) is 1.41. The van der Waals surface area contributed by atoms with E-state index in [4.69, 9.17) is 9.47 Å². The van der Waals surface area contributed by atoms with Gasteiger partial charge in [0.25, 0.3) is 0 Å². The van der Waals surface area contributed by atoms with E-state index in [0.717, 1.165) is 11.0 Å². The van der Waals surface area contributed by atoms with Crippen molar-refractivity contribution < 1.29 is 14.3 Å². The van der Waals surface area contributed by atoms with Crippen LogP contribution >= 0.6 is 15.9 Å². The van der Waals surface area contributed by atoms with E-state index in [1.165, 1.54) is 12.7 Å². The van der Waals surface area contributed by atoms with Gasteiger partial charge in [-0.3, -0.25) is 4.79 Å². The third-order valence-corrected chi connectivity index (χ3v) is 3.55. The maximum atomic E-state index is 11.7. The molecular formula is C13H16BrNO3. The third-order valence-electron chi connectivity index (χ3n) is 3.06. The molecule has 0 radical (unpaired) electrons. The van der Waals surface area contributed by atoms with Gasteiger partial charge in [-0.2, -0.15) is 0 Å². The number of esters is 1. The number of carbonyl (C=O) groups excluding carboxylic acids is 1. The van der Waals surface area contributed by atoms with E-state index in [9.17, 15) is 4.79 Å². The zero-order valence-electron chi connectivity index (χ0n) is 10.2. The maximum absolute atomic E-state index is 11.7. The predicted octanol–water partition coefficient (Wildman–Crippen LogP) is 1.73. The Morgan fingerprint density at radius 1 is 1.56 bits per heavy atom. The van der Waals surface area contributed by atoms with Gasteiger partial charge in [-0.05, 0) is 17.7 Å². The first-order chi connectivity index (χ1) is 8.66.